The maximum Gasteiger partial charge on any atom is 0.178 e. The van der Waals surface area contributed by atoms with Crippen molar-refractivity contribution >= 4 is 34.9 Å². The van der Waals surface area contributed by atoms with Crippen molar-refractivity contribution < 1.29 is 9.13 Å². The van der Waals surface area contributed by atoms with E-state index in [4.69, 9.17) is 28.6 Å². The van der Waals surface area contributed by atoms with Crippen LogP contribution in [0.25, 0.3) is 11.0 Å². The maximum atomic E-state index is 13.7. The van der Waals surface area contributed by atoms with E-state index < -0.39 is 5.82 Å². The highest BCUT2D eigenvalue weighted by Crippen LogP contribution is 2.25. The molecule has 0 spiro atoms. The van der Waals surface area contributed by atoms with Gasteiger partial charge >= 0.3 is 0 Å². The summed E-state index contributed by atoms with van der Waals surface area (Å²) in [6, 6.07) is 3.17. The van der Waals surface area contributed by atoms with E-state index in [0.717, 1.165) is 43.9 Å². The molecule has 1 aliphatic rings. The number of hydrogen-bond acceptors (Lipinski definition) is 3. The van der Waals surface area contributed by atoms with Gasteiger partial charge < -0.3 is 14.3 Å². The molecule has 7 heteroatoms. The lowest BCUT2D eigenvalue weighted by atomic mass is 10.2. The molecule has 1 N–H and O–H groups in total. The molecule has 0 amide bonds. The molecule has 1 aliphatic heterocycles. The third-order valence-electron chi connectivity index (χ3n) is 3.83. The lowest BCUT2D eigenvalue weighted by Crippen LogP contribution is -2.39. The predicted molar refractivity (Wildman–Crippen MR) is 84.1 cm³/mol. The van der Waals surface area contributed by atoms with Gasteiger partial charge in [0.15, 0.2) is 4.77 Å². The van der Waals surface area contributed by atoms with Crippen molar-refractivity contribution in [1.82, 2.24) is 14.5 Å². The van der Waals surface area contributed by atoms with Crippen LogP contribution in [0.5, 0.6) is 0 Å². The second kappa shape index (κ2) is 6.04. The van der Waals surface area contributed by atoms with Gasteiger partial charge in [-0.15, -0.1) is 0 Å². The summed E-state index contributed by atoms with van der Waals surface area (Å²) in [5, 5.41) is 0.103. The van der Waals surface area contributed by atoms with Crippen LogP contribution in [-0.2, 0) is 4.74 Å². The summed E-state index contributed by atoms with van der Waals surface area (Å²) in [5.41, 5.74) is 1.52. The Morgan fingerprint density at radius 2 is 2.14 bits per heavy atom. The zero-order valence-electron chi connectivity index (χ0n) is 11.7. The fourth-order valence-corrected chi connectivity index (χ4v) is 3.35. The molecular formula is C14H17ClFN3OS. The van der Waals surface area contributed by atoms with E-state index in [0.29, 0.717) is 4.77 Å². The molecule has 2 heterocycles. The molecule has 1 aromatic carbocycles. The summed E-state index contributed by atoms with van der Waals surface area (Å²) >= 11 is 11.2. The van der Waals surface area contributed by atoms with Crippen LogP contribution in [-0.4, -0.2) is 47.3 Å². The van der Waals surface area contributed by atoms with Crippen LogP contribution in [0.4, 0.5) is 4.39 Å². The summed E-state index contributed by atoms with van der Waals surface area (Å²) in [5.74, 6) is -0.425. The zero-order valence-corrected chi connectivity index (χ0v) is 13.3. The second-order valence-electron chi connectivity index (χ2n) is 5.35. The number of halogens is 2. The highest BCUT2D eigenvalue weighted by Gasteiger charge is 2.18. The number of nitrogens with zero attached hydrogens (tertiary/aromatic N) is 2. The summed E-state index contributed by atoms with van der Waals surface area (Å²) < 4.78 is 21.6. The highest BCUT2D eigenvalue weighted by atomic mass is 35.5. The Morgan fingerprint density at radius 3 is 2.86 bits per heavy atom. The first kappa shape index (κ1) is 15.0. The van der Waals surface area contributed by atoms with Crippen LogP contribution < -0.4 is 0 Å². The third kappa shape index (κ3) is 2.99. The Bertz CT molecular complexity index is 708. The van der Waals surface area contributed by atoms with Gasteiger partial charge in [0.05, 0.1) is 29.3 Å². The van der Waals surface area contributed by atoms with Crippen molar-refractivity contribution in [3.8, 4) is 0 Å². The smallest absolute Gasteiger partial charge is 0.178 e. The molecule has 114 valence electrons. The molecule has 1 atom stereocenters. The standard InChI is InChI=1S/C14H17ClFN3OS/c1-9(8-18-2-4-20-5-3-18)19-13-7-11(16)10(15)6-12(13)17-14(19)21/h6-7,9H,2-5,8H2,1H3,(H,17,21). The number of ether oxygens (including phenoxy) is 1. The van der Waals surface area contributed by atoms with Crippen molar-refractivity contribution in [2.24, 2.45) is 0 Å². The van der Waals surface area contributed by atoms with Crippen LogP contribution in [0.1, 0.15) is 13.0 Å². The van der Waals surface area contributed by atoms with E-state index in [1.54, 1.807) is 6.07 Å². The summed E-state index contributed by atoms with van der Waals surface area (Å²) in [6.45, 7) is 6.30. The number of hydrogen-bond donors (Lipinski definition) is 1. The van der Waals surface area contributed by atoms with Crippen LogP contribution in [0.2, 0.25) is 5.02 Å². The van der Waals surface area contributed by atoms with Gasteiger partial charge in [-0.05, 0) is 25.2 Å². The first-order chi connectivity index (χ1) is 10.1. The predicted octanol–water partition coefficient (Wildman–Crippen LogP) is 3.38. The molecule has 21 heavy (non-hydrogen) atoms. The molecule has 0 aliphatic carbocycles. The molecule has 4 nitrogen and oxygen atoms in total. The number of benzene rings is 1. The van der Waals surface area contributed by atoms with Gasteiger partial charge in [0.1, 0.15) is 5.82 Å². The fourth-order valence-electron chi connectivity index (χ4n) is 2.80. The number of fused-ring (bicyclic) bond motifs is 1. The highest BCUT2D eigenvalue weighted by molar-refractivity contribution is 7.71. The fraction of sp³-hybridized carbons (Fsp3) is 0.500. The molecule has 0 bridgehead atoms. The Kier molecular flexibility index (Phi) is 4.31. The number of imidazole rings is 1. The second-order valence-corrected chi connectivity index (χ2v) is 6.14. The topological polar surface area (TPSA) is 33.2 Å². The molecule has 0 radical (unpaired) electrons. The van der Waals surface area contributed by atoms with Crippen molar-refractivity contribution in [1.29, 1.82) is 0 Å². The number of aromatic nitrogens is 2. The van der Waals surface area contributed by atoms with Gasteiger partial charge in [-0.25, -0.2) is 4.39 Å². The zero-order chi connectivity index (χ0) is 15.0. The summed E-state index contributed by atoms with van der Waals surface area (Å²) in [7, 11) is 0. The van der Waals surface area contributed by atoms with Crippen LogP contribution in [0.15, 0.2) is 12.1 Å². The van der Waals surface area contributed by atoms with Crippen LogP contribution in [0, 0.1) is 10.6 Å². The first-order valence-corrected chi connectivity index (χ1v) is 7.74. The molecule has 0 saturated carbocycles. The van der Waals surface area contributed by atoms with Crippen molar-refractivity contribution in [3.63, 3.8) is 0 Å². The van der Waals surface area contributed by atoms with Crippen molar-refractivity contribution in [2.45, 2.75) is 13.0 Å². The molecule has 1 aromatic heterocycles. The minimum absolute atomic E-state index is 0.103. The van der Waals surface area contributed by atoms with E-state index in [-0.39, 0.29) is 11.1 Å². The maximum absolute atomic E-state index is 13.7. The minimum Gasteiger partial charge on any atom is -0.379 e. The van der Waals surface area contributed by atoms with Gasteiger partial charge in [0.2, 0.25) is 0 Å². The lowest BCUT2D eigenvalue weighted by molar-refractivity contribution is 0.0327. The monoisotopic (exact) mass is 329 g/mol. The summed E-state index contributed by atoms with van der Waals surface area (Å²) in [4.78, 5) is 5.43. The molecule has 1 saturated heterocycles. The number of aromatic amines is 1. The van der Waals surface area contributed by atoms with Gasteiger partial charge in [0.25, 0.3) is 0 Å². The third-order valence-corrected chi connectivity index (χ3v) is 4.41. The largest absolute Gasteiger partial charge is 0.379 e. The number of morpholine rings is 1. The number of H-pyrrole nitrogens is 1. The average Bonchev–Trinajstić information content (AvgIpc) is 2.75. The minimum atomic E-state index is -0.425. The van der Waals surface area contributed by atoms with E-state index in [9.17, 15) is 4.39 Å². The molecular weight excluding hydrogens is 313 g/mol. The van der Waals surface area contributed by atoms with Gasteiger partial charge in [-0.1, -0.05) is 11.6 Å². The Morgan fingerprint density at radius 1 is 1.43 bits per heavy atom. The molecule has 1 fully saturated rings. The van der Waals surface area contributed by atoms with E-state index >= 15 is 0 Å². The molecule has 2 aromatic rings. The SMILES string of the molecule is CC(CN1CCOCC1)n1c(=S)[nH]c2cc(Cl)c(F)cc21. The quantitative estimate of drug-likeness (QED) is 0.876. The Balaban J connectivity index is 1.93. The van der Waals surface area contributed by atoms with Gasteiger partial charge in [-0.3, -0.25) is 4.90 Å². The van der Waals surface area contributed by atoms with Gasteiger partial charge in [-0.2, -0.15) is 0 Å². The van der Waals surface area contributed by atoms with E-state index in [1.807, 2.05) is 4.57 Å². The number of rotatable bonds is 3. The Hall–Kier alpha value is -0.950. The van der Waals surface area contributed by atoms with Crippen LogP contribution >= 0.6 is 23.8 Å². The molecule has 3 rings (SSSR count). The summed E-state index contributed by atoms with van der Waals surface area (Å²) in [6.07, 6.45) is 0. The van der Waals surface area contributed by atoms with E-state index in [1.165, 1.54) is 6.07 Å². The first-order valence-electron chi connectivity index (χ1n) is 6.95. The Labute approximate surface area is 132 Å². The molecule has 1 unspecified atom stereocenters. The average molecular weight is 330 g/mol. The van der Waals surface area contributed by atoms with Gasteiger partial charge in [0, 0.05) is 31.7 Å². The van der Waals surface area contributed by atoms with E-state index in [2.05, 4.69) is 16.8 Å². The van der Waals surface area contributed by atoms with Crippen molar-refractivity contribution in [3.05, 3.63) is 27.7 Å². The van der Waals surface area contributed by atoms with Crippen LogP contribution in [0.3, 0.4) is 0 Å². The lowest BCUT2D eigenvalue weighted by Gasteiger charge is -2.29. The number of nitrogens with one attached hydrogen (secondary N) is 1. The normalized spacial score (nSPS) is 18.2. The van der Waals surface area contributed by atoms with Crippen molar-refractivity contribution in [2.75, 3.05) is 32.8 Å².